The molecule has 0 aliphatic heterocycles. The molecule has 0 heterocycles. The Morgan fingerprint density at radius 2 is 1.74 bits per heavy atom. The van der Waals surface area contributed by atoms with Gasteiger partial charge in [0.25, 0.3) is 0 Å². The SMILES string of the molecule is Cc1cc(O)cc2c1[C@@]1(C)CC[C@H]3C(C)(C)CCC[C@]3(C)[C@@H]1C2. The van der Waals surface area contributed by atoms with E-state index >= 15 is 0 Å². The summed E-state index contributed by atoms with van der Waals surface area (Å²) >= 11 is 0. The van der Waals surface area contributed by atoms with E-state index in [1.165, 1.54) is 49.7 Å². The summed E-state index contributed by atoms with van der Waals surface area (Å²) in [5.74, 6) is 2.04. The zero-order valence-electron chi connectivity index (χ0n) is 15.5. The van der Waals surface area contributed by atoms with Crippen LogP contribution in [0.4, 0.5) is 0 Å². The topological polar surface area (TPSA) is 20.2 Å². The predicted molar refractivity (Wildman–Crippen MR) is 95.9 cm³/mol. The smallest absolute Gasteiger partial charge is 0.116 e. The third-order valence-electron chi connectivity index (χ3n) is 8.19. The van der Waals surface area contributed by atoms with Gasteiger partial charge in [-0.3, -0.25) is 0 Å². The first kappa shape index (κ1) is 15.5. The number of hydrogen-bond donors (Lipinski definition) is 1. The van der Waals surface area contributed by atoms with E-state index in [9.17, 15) is 5.11 Å². The molecular formula is C22H32O. The first-order valence-electron chi connectivity index (χ1n) is 9.51. The highest BCUT2D eigenvalue weighted by atomic mass is 16.3. The lowest BCUT2D eigenvalue weighted by Gasteiger charge is -2.61. The van der Waals surface area contributed by atoms with Crippen molar-refractivity contribution >= 4 is 0 Å². The van der Waals surface area contributed by atoms with E-state index in [0.717, 1.165) is 11.8 Å². The molecule has 3 aliphatic carbocycles. The average molecular weight is 312 g/mol. The molecule has 0 amide bonds. The van der Waals surface area contributed by atoms with Crippen molar-refractivity contribution < 1.29 is 5.11 Å². The van der Waals surface area contributed by atoms with Gasteiger partial charge in [-0.2, -0.15) is 0 Å². The highest BCUT2D eigenvalue weighted by molar-refractivity contribution is 5.50. The fourth-order valence-corrected chi connectivity index (χ4v) is 7.45. The van der Waals surface area contributed by atoms with Crippen molar-refractivity contribution in [2.24, 2.45) is 22.7 Å². The van der Waals surface area contributed by atoms with Crippen LogP contribution in [-0.4, -0.2) is 5.11 Å². The Bertz CT molecular complexity index is 658. The summed E-state index contributed by atoms with van der Waals surface area (Å²) in [6.45, 7) is 12.3. The minimum Gasteiger partial charge on any atom is -0.508 e. The molecule has 126 valence electrons. The fourth-order valence-electron chi connectivity index (χ4n) is 7.45. The third kappa shape index (κ3) is 1.91. The Labute approximate surface area is 141 Å². The summed E-state index contributed by atoms with van der Waals surface area (Å²) < 4.78 is 0. The Morgan fingerprint density at radius 1 is 1.00 bits per heavy atom. The third-order valence-corrected chi connectivity index (χ3v) is 8.19. The van der Waals surface area contributed by atoms with Gasteiger partial charge in [-0.15, -0.1) is 0 Å². The molecule has 0 bridgehead atoms. The molecule has 1 heteroatoms. The summed E-state index contributed by atoms with van der Waals surface area (Å²) in [5, 5.41) is 10.1. The number of fused-ring (bicyclic) bond motifs is 5. The molecule has 4 atom stereocenters. The molecular weight excluding hydrogens is 280 g/mol. The van der Waals surface area contributed by atoms with Gasteiger partial charge in [0.05, 0.1) is 0 Å². The van der Waals surface area contributed by atoms with Crippen molar-refractivity contribution in [3.63, 3.8) is 0 Å². The molecule has 23 heavy (non-hydrogen) atoms. The maximum absolute atomic E-state index is 10.1. The molecule has 0 saturated heterocycles. The Hall–Kier alpha value is -0.980. The Morgan fingerprint density at radius 3 is 2.48 bits per heavy atom. The molecule has 0 aromatic heterocycles. The van der Waals surface area contributed by atoms with E-state index in [-0.39, 0.29) is 0 Å². The molecule has 1 aromatic rings. The second-order valence-corrected chi connectivity index (χ2v) is 9.91. The van der Waals surface area contributed by atoms with Crippen LogP contribution in [0.5, 0.6) is 5.75 Å². The van der Waals surface area contributed by atoms with E-state index in [1.54, 1.807) is 5.56 Å². The van der Waals surface area contributed by atoms with Gasteiger partial charge in [-0.05, 0) is 95.9 Å². The second-order valence-electron chi connectivity index (χ2n) is 9.91. The van der Waals surface area contributed by atoms with Gasteiger partial charge in [0.15, 0.2) is 0 Å². The molecule has 1 aromatic carbocycles. The average Bonchev–Trinajstić information content (AvgIpc) is 2.71. The molecule has 0 spiro atoms. The van der Waals surface area contributed by atoms with Crippen LogP contribution in [-0.2, 0) is 11.8 Å². The number of aromatic hydroxyl groups is 1. The van der Waals surface area contributed by atoms with Gasteiger partial charge in [-0.25, -0.2) is 0 Å². The minimum atomic E-state index is 0.311. The lowest BCUT2D eigenvalue weighted by atomic mass is 9.43. The first-order chi connectivity index (χ1) is 10.7. The fraction of sp³-hybridized carbons (Fsp3) is 0.727. The van der Waals surface area contributed by atoms with Crippen LogP contribution >= 0.6 is 0 Å². The Balaban J connectivity index is 1.84. The number of phenolic OH excluding ortho intramolecular Hbond substituents is 1. The standard InChI is InChI=1S/C22H32O/c1-14-11-16(23)12-15-13-18-21(4)9-6-8-20(2,3)17(21)7-10-22(18,5)19(14)15/h11-12,17-18,23H,6-10,13H2,1-5H3/t17-,18-,21-,22-/m0/s1. The van der Waals surface area contributed by atoms with Crippen LogP contribution in [0.1, 0.15) is 76.5 Å². The monoisotopic (exact) mass is 312 g/mol. The summed E-state index contributed by atoms with van der Waals surface area (Å²) in [4.78, 5) is 0. The molecule has 1 nitrogen and oxygen atoms in total. The highest BCUT2D eigenvalue weighted by Crippen LogP contribution is 2.67. The number of rotatable bonds is 0. The molecule has 3 aliphatic rings. The quantitative estimate of drug-likeness (QED) is 0.646. The number of hydrogen-bond acceptors (Lipinski definition) is 1. The van der Waals surface area contributed by atoms with Gasteiger partial charge < -0.3 is 5.11 Å². The van der Waals surface area contributed by atoms with Gasteiger partial charge in [-0.1, -0.05) is 34.1 Å². The van der Waals surface area contributed by atoms with Gasteiger partial charge in [0, 0.05) is 0 Å². The summed E-state index contributed by atoms with van der Waals surface area (Å²) in [5.41, 5.74) is 5.56. The van der Waals surface area contributed by atoms with Crippen LogP contribution in [0.2, 0.25) is 0 Å². The van der Waals surface area contributed by atoms with Crippen LogP contribution in [0, 0.1) is 29.6 Å². The van der Waals surface area contributed by atoms with E-state index in [1.807, 2.05) is 6.07 Å². The van der Waals surface area contributed by atoms with Crippen LogP contribution in [0.3, 0.4) is 0 Å². The van der Waals surface area contributed by atoms with Crippen molar-refractivity contribution in [1.82, 2.24) is 0 Å². The van der Waals surface area contributed by atoms with Crippen molar-refractivity contribution in [3.8, 4) is 5.75 Å². The van der Waals surface area contributed by atoms with Gasteiger partial charge >= 0.3 is 0 Å². The molecule has 0 unspecified atom stereocenters. The molecule has 1 N–H and O–H groups in total. The second kappa shape index (κ2) is 4.55. The molecule has 0 radical (unpaired) electrons. The minimum absolute atomic E-state index is 0.311. The van der Waals surface area contributed by atoms with Crippen molar-refractivity contribution in [2.45, 2.75) is 78.6 Å². The van der Waals surface area contributed by atoms with Crippen LogP contribution in [0.15, 0.2) is 12.1 Å². The van der Waals surface area contributed by atoms with Crippen LogP contribution in [0.25, 0.3) is 0 Å². The van der Waals surface area contributed by atoms with Crippen molar-refractivity contribution in [3.05, 3.63) is 28.8 Å². The lowest BCUT2D eigenvalue weighted by molar-refractivity contribution is -0.0983. The lowest BCUT2D eigenvalue weighted by Crippen LogP contribution is -2.55. The first-order valence-corrected chi connectivity index (χ1v) is 9.51. The van der Waals surface area contributed by atoms with E-state index < -0.39 is 0 Å². The van der Waals surface area contributed by atoms with E-state index in [2.05, 4.69) is 40.7 Å². The molecule has 4 rings (SSSR count). The van der Waals surface area contributed by atoms with Crippen molar-refractivity contribution in [1.29, 1.82) is 0 Å². The number of benzene rings is 1. The highest BCUT2D eigenvalue weighted by Gasteiger charge is 2.61. The van der Waals surface area contributed by atoms with E-state index in [4.69, 9.17) is 0 Å². The maximum atomic E-state index is 10.1. The van der Waals surface area contributed by atoms with Crippen molar-refractivity contribution in [2.75, 3.05) is 0 Å². The normalized spacial score (nSPS) is 41.1. The van der Waals surface area contributed by atoms with Gasteiger partial charge in [0.2, 0.25) is 0 Å². The molecule has 2 saturated carbocycles. The van der Waals surface area contributed by atoms with Gasteiger partial charge in [0.1, 0.15) is 5.75 Å². The number of aryl methyl sites for hydroxylation is 1. The van der Waals surface area contributed by atoms with Crippen LogP contribution < -0.4 is 0 Å². The van der Waals surface area contributed by atoms with E-state index in [0.29, 0.717) is 22.0 Å². The summed E-state index contributed by atoms with van der Waals surface area (Å²) in [6.07, 6.45) is 8.03. The Kier molecular flexibility index (Phi) is 3.08. The predicted octanol–water partition coefficient (Wildman–Crippen LogP) is 5.76. The summed E-state index contributed by atoms with van der Waals surface area (Å²) in [7, 11) is 0. The largest absolute Gasteiger partial charge is 0.508 e. The summed E-state index contributed by atoms with van der Waals surface area (Å²) in [6, 6.07) is 4.03. The number of phenols is 1. The molecule has 2 fully saturated rings. The zero-order chi connectivity index (χ0) is 16.6. The maximum Gasteiger partial charge on any atom is 0.116 e. The zero-order valence-corrected chi connectivity index (χ0v) is 15.5.